The lowest BCUT2D eigenvalue weighted by atomic mass is 9.82. The predicted molar refractivity (Wildman–Crippen MR) is 72.1 cm³/mol. The number of aliphatic carboxylic acids is 1. The highest BCUT2D eigenvalue weighted by atomic mass is 35.5. The number of halogens is 1. The van der Waals surface area contributed by atoms with Gasteiger partial charge in [-0.25, -0.2) is 0 Å². The van der Waals surface area contributed by atoms with Crippen LogP contribution >= 0.6 is 11.6 Å². The third kappa shape index (κ3) is 3.26. The summed E-state index contributed by atoms with van der Waals surface area (Å²) in [6, 6.07) is 7.07. The Morgan fingerprint density at radius 1 is 1.47 bits per heavy atom. The molecule has 1 fully saturated rings. The fraction of sp³-hybridized carbons (Fsp3) is 0.429. The van der Waals surface area contributed by atoms with Crippen molar-refractivity contribution in [2.75, 3.05) is 0 Å². The molecule has 0 saturated heterocycles. The van der Waals surface area contributed by atoms with Crippen molar-refractivity contribution in [3.8, 4) is 0 Å². The smallest absolute Gasteiger partial charge is 0.319 e. The van der Waals surface area contributed by atoms with Crippen LogP contribution in [0.4, 0.5) is 0 Å². The second kappa shape index (κ2) is 5.21. The quantitative estimate of drug-likeness (QED) is 0.814. The summed E-state index contributed by atoms with van der Waals surface area (Å²) in [6.07, 6.45) is 1.98. The predicted octanol–water partition coefficient (Wildman–Crippen LogP) is 2.25. The normalized spacial score (nSPS) is 17.6. The largest absolute Gasteiger partial charge is 0.480 e. The molecule has 1 aromatic carbocycles. The van der Waals surface area contributed by atoms with E-state index < -0.39 is 17.3 Å². The molecule has 0 aromatic heterocycles. The first kappa shape index (κ1) is 13.9. The molecular weight excluding hydrogens is 266 g/mol. The first-order chi connectivity index (χ1) is 8.91. The molecule has 2 N–H and O–H groups in total. The summed E-state index contributed by atoms with van der Waals surface area (Å²) >= 11 is 5.88. The minimum atomic E-state index is -1.47. The van der Waals surface area contributed by atoms with E-state index in [9.17, 15) is 14.7 Å². The lowest BCUT2D eigenvalue weighted by Crippen LogP contribution is -2.46. The SMILES string of the molecule is CC(Cc1cccc(Cl)c1)(C(=O)O)C(=O)NC1CC1. The van der Waals surface area contributed by atoms with Gasteiger partial charge in [0.15, 0.2) is 0 Å². The van der Waals surface area contributed by atoms with Gasteiger partial charge in [-0.05, 0) is 43.9 Å². The highest BCUT2D eigenvalue weighted by Gasteiger charge is 2.43. The molecule has 4 nitrogen and oxygen atoms in total. The summed E-state index contributed by atoms with van der Waals surface area (Å²) in [7, 11) is 0. The Hall–Kier alpha value is -1.55. The number of benzene rings is 1. The van der Waals surface area contributed by atoms with Gasteiger partial charge >= 0.3 is 5.97 Å². The second-order valence-electron chi connectivity index (χ2n) is 5.19. The van der Waals surface area contributed by atoms with Crippen molar-refractivity contribution < 1.29 is 14.7 Å². The molecule has 5 heteroatoms. The van der Waals surface area contributed by atoms with Crippen molar-refractivity contribution in [1.29, 1.82) is 0 Å². The van der Waals surface area contributed by atoms with Gasteiger partial charge < -0.3 is 10.4 Å². The van der Waals surface area contributed by atoms with Gasteiger partial charge in [0.05, 0.1) is 0 Å². The Kier molecular flexibility index (Phi) is 3.80. The number of carboxylic acids is 1. The molecule has 0 heterocycles. The highest BCUT2D eigenvalue weighted by Crippen LogP contribution is 2.27. The van der Waals surface area contributed by atoms with E-state index in [2.05, 4.69) is 5.32 Å². The minimum Gasteiger partial charge on any atom is -0.480 e. The van der Waals surface area contributed by atoms with Gasteiger partial charge in [0.25, 0.3) is 0 Å². The van der Waals surface area contributed by atoms with Crippen molar-refractivity contribution in [3.05, 3.63) is 34.9 Å². The molecule has 102 valence electrons. The molecule has 0 bridgehead atoms. The molecule has 1 amide bonds. The van der Waals surface area contributed by atoms with Crippen LogP contribution in [-0.4, -0.2) is 23.0 Å². The lowest BCUT2D eigenvalue weighted by Gasteiger charge is -2.24. The number of carboxylic acid groups (broad SMARTS) is 1. The summed E-state index contributed by atoms with van der Waals surface area (Å²) in [5.74, 6) is -1.55. The first-order valence-corrected chi connectivity index (χ1v) is 6.58. The summed E-state index contributed by atoms with van der Waals surface area (Å²) in [6.45, 7) is 1.45. The summed E-state index contributed by atoms with van der Waals surface area (Å²) < 4.78 is 0. The Morgan fingerprint density at radius 2 is 2.16 bits per heavy atom. The van der Waals surface area contributed by atoms with Crippen LogP contribution in [0, 0.1) is 5.41 Å². The van der Waals surface area contributed by atoms with Gasteiger partial charge in [0.1, 0.15) is 5.41 Å². The van der Waals surface area contributed by atoms with Gasteiger partial charge in [-0.3, -0.25) is 9.59 Å². The van der Waals surface area contributed by atoms with E-state index in [4.69, 9.17) is 11.6 Å². The topological polar surface area (TPSA) is 66.4 Å². The molecule has 1 aliphatic carbocycles. The number of hydrogen-bond acceptors (Lipinski definition) is 2. The van der Waals surface area contributed by atoms with E-state index in [-0.39, 0.29) is 12.5 Å². The standard InChI is InChI=1S/C14H16ClNO3/c1-14(13(18)19,12(17)16-11-5-6-11)8-9-3-2-4-10(15)7-9/h2-4,7,11H,5-6,8H2,1H3,(H,16,17)(H,18,19). The number of carbonyl (C=O) groups excluding carboxylic acids is 1. The summed E-state index contributed by atoms with van der Waals surface area (Å²) in [4.78, 5) is 23.6. The minimum absolute atomic E-state index is 0.126. The van der Waals surface area contributed by atoms with Crippen LogP contribution in [0.2, 0.25) is 5.02 Å². The van der Waals surface area contributed by atoms with E-state index in [1.165, 1.54) is 6.92 Å². The van der Waals surface area contributed by atoms with Crippen molar-refractivity contribution in [2.24, 2.45) is 5.41 Å². The maximum atomic E-state index is 12.1. The number of nitrogens with one attached hydrogen (secondary N) is 1. The third-order valence-electron chi connectivity index (χ3n) is 3.33. The van der Waals surface area contributed by atoms with Crippen molar-refractivity contribution >= 4 is 23.5 Å². The van der Waals surface area contributed by atoms with E-state index in [0.717, 1.165) is 18.4 Å². The molecule has 1 aromatic rings. The zero-order valence-electron chi connectivity index (χ0n) is 10.6. The zero-order chi connectivity index (χ0) is 14.0. The van der Waals surface area contributed by atoms with Crippen molar-refractivity contribution in [1.82, 2.24) is 5.32 Å². The lowest BCUT2D eigenvalue weighted by molar-refractivity contribution is -0.154. The fourth-order valence-corrected chi connectivity index (χ4v) is 2.09. The molecule has 19 heavy (non-hydrogen) atoms. The molecule has 2 rings (SSSR count). The molecule has 1 unspecified atom stereocenters. The third-order valence-corrected chi connectivity index (χ3v) is 3.57. The first-order valence-electron chi connectivity index (χ1n) is 6.20. The molecule has 0 spiro atoms. The van der Waals surface area contributed by atoms with Crippen LogP contribution in [0.3, 0.4) is 0 Å². The van der Waals surface area contributed by atoms with E-state index in [1.54, 1.807) is 24.3 Å². The molecule has 1 saturated carbocycles. The van der Waals surface area contributed by atoms with Crippen LogP contribution < -0.4 is 5.32 Å². The van der Waals surface area contributed by atoms with Crippen LogP contribution in [0.5, 0.6) is 0 Å². The number of rotatable bonds is 5. The fourth-order valence-electron chi connectivity index (χ4n) is 1.88. The van der Waals surface area contributed by atoms with Gasteiger partial charge in [-0.15, -0.1) is 0 Å². The van der Waals surface area contributed by atoms with E-state index in [0.29, 0.717) is 5.02 Å². The van der Waals surface area contributed by atoms with Gasteiger partial charge in [0.2, 0.25) is 5.91 Å². The van der Waals surface area contributed by atoms with Crippen LogP contribution in [0.1, 0.15) is 25.3 Å². The van der Waals surface area contributed by atoms with Crippen molar-refractivity contribution in [2.45, 2.75) is 32.2 Å². The van der Waals surface area contributed by atoms with Gasteiger partial charge in [0, 0.05) is 11.1 Å². The second-order valence-corrected chi connectivity index (χ2v) is 5.63. The van der Waals surface area contributed by atoms with Crippen LogP contribution in [-0.2, 0) is 16.0 Å². The molecule has 1 aliphatic rings. The van der Waals surface area contributed by atoms with Crippen LogP contribution in [0.15, 0.2) is 24.3 Å². The van der Waals surface area contributed by atoms with Crippen LogP contribution in [0.25, 0.3) is 0 Å². The molecule has 0 aliphatic heterocycles. The summed E-state index contributed by atoms with van der Waals surface area (Å²) in [5, 5.41) is 12.7. The van der Waals surface area contributed by atoms with Gasteiger partial charge in [-0.2, -0.15) is 0 Å². The average Bonchev–Trinajstić information content (AvgIpc) is 3.12. The number of amides is 1. The average molecular weight is 282 g/mol. The Bertz CT molecular complexity index is 513. The molecule has 0 radical (unpaired) electrons. The Balaban J connectivity index is 2.18. The highest BCUT2D eigenvalue weighted by molar-refractivity contribution is 6.30. The van der Waals surface area contributed by atoms with E-state index >= 15 is 0 Å². The van der Waals surface area contributed by atoms with Crippen molar-refractivity contribution in [3.63, 3.8) is 0 Å². The number of hydrogen-bond donors (Lipinski definition) is 2. The Morgan fingerprint density at radius 3 is 2.68 bits per heavy atom. The van der Waals surface area contributed by atoms with Gasteiger partial charge in [-0.1, -0.05) is 23.7 Å². The number of carbonyl (C=O) groups is 2. The monoisotopic (exact) mass is 281 g/mol. The zero-order valence-corrected chi connectivity index (χ0v) is 11.4. The summed E-state index contributed by atoms with van der Waals surface area (Å²) in [5.41, 5.74) is -0.726. The maximum absolute atomic E-state index is 12.1. The molecular formula is C14H16ClNO3. The molecule has 1 atom stereocenters. The maximum Gasteiger partial charge on any atom is 0.319 e. The van der Waals surface area contributed by atoms with E-state index in [1.807, 2.05) is 0 Å². The Labute approximate surface area is 116 Å².